The average molecular weight is 316 g/mol. The predicted octanol–water partition coefficient (Wildman–Crippen LogP) is 4.45. The second kappa shape index (κ2) is 6.01. The molecule has 0 radical (unpaired) electrons. The molecule has 0 saturated heterocycles. The number of hydrogen-bond donors (Lipinski definition) is 1. The summed E-state index contributed by atoms with van der Waals surface area (Å²) < 4.78 is 5.42. The van der Waals surface area contributed by atoms with Crippen molar-refractivity contribution in [1.29, 1.82) is 0 Å². The molecule has 1 aromatic heterocycles. The molecule has 1 N–H and O–H groups in total. The number of nitrogens with one attached hydrogen (secondary N) is 1. The lowest BCUT2D eigenvalue weighted by molar-refractivity contribution is -0.119. The molecule has 0 atom stereocenters. The summed E-state index contributed by atoms with van der Waals surface area (Å²) >= 11 is 5.94. The molecule has 1 aliphatic carbocycles. The monoisotopic (exact) mass is 315 g/mol. The Hall–Kier alpha value is -2.00. The fourth-order valence-corrected chi connectivity index (χ4v) is 2.89. The van der Waals surface area contributed by atoms with E-state index >= 15 is 0 Å². The molecule has 22 heavy (non-hydrogen) atoms. The van der Waals surface area contributed by atoms with Crippen molar-refractivity contribution in [3.05, 3.63) is 64.6 Å². The van der Waals surface area contributed by atoms with Gasteiger partial charge in [0.15, 0.2) is 0 Å². The summed E-state index contributed by atoms with van der Waals surface area (Å²) in [6, 6.07) is 11.4. The number of carbonyl (C=O) groups is 1. The molecule has 4 heteroatoms. The lowest BCUT2D eigenvalue weighted by Crippen LogP contribution is -2.50. The number of benzene rings is 1. The van der Waals surface area contributed by atoms with Crippen LogP contribution in [0, 0.1) is 6.92 Å². The Labute approximate surface area is 135 Å². The molecule has 2 aromatic rings. The number of aryl methyl sites for hydroxylation is 1. The summed E-state index contributed by atoms with van der Waals surface area (Å²) in [4.78, 5) is 12.2. The van der Waals surface area contributed by atoms with Crippen LogP contribution < -0.4 is 5.32 Å². The largest absolute Gasteiger partial charge is 0.462 e. The van der Waals surface area contributed by atoms with Crippen molar-refractivity contribution >= 4 is 23.6 Å². The van der Waals surface area contributed by atoms with Gasteiger partial charge in [0.1, 0.15) is 11.5 Å². The van der Waals surface area contributed by atoms with Crippen LogP contribution >= 0.6 is 11.6 Å². The maximum absolute atomic E-state index is 12.2. The first-order valence-electron chi connectivity index (χ1n) is 7.40. The van der Waals surface area contributed by atoms with Crippen molar-refractivity contribution in [3.8, 4) is 0 Å². The van der Waals surface area contributed by atoms with Gasteiger partial charge in [-0.3, -0.25) is 4.79 Å². The number of rotatable bonds is 4. The molecule has 0 bridgehead atoms. The molecular formula is C18H18ClNO2. The summed E-state index contributed by atoms with van der Waals surface area (Å²) in [7, 11) is 0. The number of hydrogen-bond acceptors (Lipinski definition) is 2. The summed E-state index contributed by atoms with van der Waals surface area (Å²) in [6.07, 6.45) is 6.23. The zero-order valence-electron chi connectivity index (χ0n) is 12.4. The molecule has 1 aromatic carbocycles. The zero-order chi connectivity index (χ0) is 15.6. The van der Waals surface area contributed by atoms with Gasteiger partial charge in [-0.1, -0.05) is 23.7 Å². The lowest BCUT2D eigenvalue weighted by Gasteiger charge is -2.43. The molecule has 1 saturated carbocycles. The average Bonchev–Trinajstić information content (AvgIpc) is 2.87. The predicted molar refractivity (Wildman–Crippen MR) is 87.6 cm³/mol. The van der Waals surface area contributed by atoms with Gasteiger partial charge in [-0.25, -0.2) is 0 Å². The maximum atomic E-state index is 12.2. The van der Waals surface area contributed by atoms with E-state index in [-0.39, 0.29) is 11.4 Å². The van der Waals surface area contributed by atoms with Gasteiger partial charge < -0.3 is 9.73 Å². The Bertz CT molecular complexity index is 696. The summed E-state index contributed by atoms with van der Waals surface area (Å²) in [6.45, 7) is 1.88. The van der Waals surface area contributed by atoms with Gasteiger partial charge in [-0.05, 0) is 62.1 Å². The van der Waals surface area contributed by atoms with Gasteiger partial charge in [-0.2, -0.15) is 0 Å². The summed E-state index contributed by atoms with van der Waals surface area (Å²) in [5.74, 6) is 1.40. The van der Waals surface area contributed by atoms with Crippen molar-refractivity contribution in [3.63, 3.8) is 0 Å². The highest BCUT2D eigenvalue weighted by Gasteiger charge is 2.39. The number of halogens is 1. The minimum atomic E-state index is -0.259. The van der Waals surface area contributed by atoms with Gasteiger partial charge in [0.2, 0.25) is 5.91 Å². The van der Waals surface area contributed by atoms with Gasteiger partial charge >= 0.3 is 0 Å². The van der Waals surface area contributed by atoms with E-state index in [1.165, 1.54) is 6.08 Å². The third-order valence-electron chi connectivity index (χ3n) is 4.13. The first kappa shape index (κ1) is 14.9. The molecule has 0 unspecified atom stereocenters. The maximum Gasteiger partial charge on any atom is 0.244 e. The van der Waals surface area contributed by atoms with E-state index in [1.54, 1.807) is 6.08 Å². The second-order valence-corrected chi connectivity index (χ2v) is 6.15. The van der Waals surface area contributed by atoms with Crippen LogP contribution in [-0.2, 0) is 10.3 Å². The summed E-state index contributed by atoms with van der Waals surface area (Å²) in [5, 5.41) is 3.84. The highest BCUT2D eigenvalue weighted by molar-refractivity contribution is 6.30. The third kappa shape index (κ3) is 3.09. The molecule has 1 aliphatic rings. The SMILES string of the molecule is Cc1ccc(/C=C/C(=O)NC2(c3ccc(Cl)cc3)CCC2)o1. The fraction of sp³-hybridized carbons (Fsp3) is 0.278. The normalized spacial score (nSPS) is 16.5. The minimum Gasteiger partial charge on any atom is -0.462 e. The molecule has 1 heterocycles. The van der Waals surface area contributed by atoms with Crippen molar-refractivity contribution in [2.45, 2.75) is 31.7 Å². The van der Waals surface area contributed by atoms with Gasteiger partial charge in [0.25, 0.3) is 0 Å². The van der Waals surface area contributed by atoms with Gasteiger partial charge in [0, 0.05) is 11.1 Å². The molecule has 1 fully saturated rings. The first-order chi connectivity index (χ1) is 10.6. The van der Waals surface area contributed by atoms with E-state index in [2.05, 4.69) is 5.32 Å². The Balaban J connectivity index is 1.71. The molecule has 114 valence electrons. The lowest BCUT2D eigenvalue weighted by atomic mass is 9.72. The van der Waals surface area contributed by atoms with E-state index < -0.39 is 0 Å². The van der Waals surface area contributed by atoms with Crippen LogP contribution in [0.15, 0.2) is 46.9 Å². The smallest absolute Gasteiger partial charge is 0.244 e. The van der Waals surface area contributed by atoms with Gasteiger partial charge in [-0.15, -0.1) is 0 Å². The molecule has 3 nitrogen and oxygen atoms in total. The Morgan fingerprint density at radius 2 is 1.95 bits per heavy atom. The number of amides is 1. The van der Waals surface area contributed by atoms with Crippen molar-refractivity contribution in [1.82, 2.24) is 5.32 Å². The Kier molecular flexibility index (Phi) is 4.08. The molecule has 0 aliphatic heterocycles. The van der Waals surface area contributed by atoms with E-state index in [0.717, 1.165) is 30.6 Å². The van der Waals surface area contributed by atoms with E-state index in [1.807, 2.05) is 43.3 Å². The number of carbonyl (C=O) groups excluding carboxylic acids is 1. The summed E-state index contributed by atoms with van der Waals surface area (Å²) in [5.41, 5.74) is 0.851. The van der Waals surface area contributed by atoms with E-state index in [9.17, 15) is 4.79 Å². The van der Waals surface area contributed by atoms with Crippen LogP contribution in [0.5, 0.6) is 0 Å². The zero-order valence-corrected chi connectivity index (χ0v) is 13.2. The standard InChI is InChI=1S/C18H18ClNO2/c1-13-3-8-16(22-13)9-10-17(21)20-18(11-2-12-18)14-4-6-15(19)7-5-14/h3-10H,2,11-12H2,1H3,(H,20,21)/b10-9+. The Morgan fingerprint density at radius 3 is 2.50 bits per heavy atom. The number of furan rings is 1. The molecule has 1 amide bonds. The van der Waals surface area contributed by atoms with Crippen molar-refractivity contribution in [2.75, 3.05) is 0 Å². The van der Waals surface area contributed by atoms with Gasteiger partial charge in [0.05, 0.1) is 5.54 Å². The fourth-order valence-electron chi connectivity index (χ4n) is 2.76. The van der Waals surface area contributed by atoms with Crippen LogP contribution in [-0.4, -0.2) is 5.91 Å². The van der Waals surface area contributed by atoms with Crippen molar-refractivity contribution in [2.24, 2.45) is 0 Å². The Morgan fingerprint density at radius 1 is 1.23 bits per heavy atom. The second-order valence-electron chi connectivity index (χ2n) is 5.71. The highest BCUT2D eigenvalue weighted by Crippen LogP contribution is 2.41. The molecule has 3 rings (SSSR count). The van der Waals surface area contributed by atoms with E-state index in [0.29, 0.717) is 10.8 Å². The van der Waals surface area contributed by atoms with Crippen molar-refractivity contribution < 1.29 is 9.21 Å². The quantitative estimate of drug-likeness (QED) is 0.847. The topological polar surface area (TPSA) is 42.2 Å². The van der Waals surface area contributed by atoms with Crippen LogP contribution in [0.25, 0.3) is 6.08 Å². The minimum absolute atomic E-state index is 0.108. The van der Waals surface area contributed by atoms with E-state index in [4.69, 9.17) is 16.0 Å². The molecular weight excluding hydrogens is 298 g/mol. The highest BCUT2D eigenvalue weighted by atomic mass is 35.5. The first-order valence-corrected chi connectivity index (χ1v) is 7.78. The van der Waals surface area contributed by atoms with Crippen LogP contribution in [0.1, 0.15) is 36.3 Å². The van der Waals surface area contributed by atoms with Crippen LogP contribution in [0.2, 0.25) is 5.02 Å². The molecule has 0 spiro atoms. The third-order valence-corrected chi connectivity index (χ3v) is 4.38. The van der Waals surface area contributed by atoms with Crippen LogP contribution in [0.3, 0.4) is 0 Å². The van der Waals surface area contributed by atoms with Crippen LogP contribution in [0.4, 0.5) is 0 Å².